The van der Waals surface area contributed by atoms with Gasteiger partial charge in [0.25, 0.3) is 0 Å². The number of hydrogen-bond donors (Lipinski definition) is 0. The molecule has 0 radical (unpaired) electrons. The van der Waals surface area contributed by atoms with E-state index in [1.807, 2.05) is 0 Å². The van der Waals surface area contributed by atoms with Crippen molar-refractivity contribution < 1.29 is 4.74 Å². The number of ether oxygens (including phenoxy) is 1. The molecule has 0 unspecified atom stereocenters. The van der Waals surface area contributed by atoms with E-state index in [4.69, 9.17) is 4.74 Å². The smallest absolute Gasteiger partial charge is 0.159 e. The Kier molecular flexibility index (Phi) is 9.50. The van der Waals surface area contributed by atoms with Crippen LogP contribution in [0.25, 0.3) is 66.1 Å². The van der Waals surface area contributed by atoms with Crippen molar-refractivity contribution in [3.8, 4) is 56.0 Å². The van der Waals surface area contributed by atoms with Crippen LogP contribution < -0.4 is 14.5 Å². The zero-order chi connectivity index (χ0) is 43.1. The van der Waals surface area contributed by atoms with Crippen molar-refractivity contribution in [2.45, 2.75) is 0 Å². The van der Waals surface area contributed by atoms with E-state index in [1.165, 1.54) is 44.2 Å². The van der Waals surface area contributed by atoms with Crippen molar-refractivity contribution in [3.05, 3.63) is 255 Å². The Labute approximate surface area is 379 Å². The Balaban J connectivity index is 0.997. The highest BCUT2D eigenvalue weighted by Crippen LogP contribution is 2.55. The Morgan fingerprint density at radius 2 is 0.723 bits per heavy atom. The van der Waals surface area contributed by atoms with E-state index in [9.17, 15) is 0 Å². The van der Waals surface area contributed by atoms with Crippen LogP contribution in [0.4, 0.5) is 34.1 Å². The van der Waals surface area contributed by atoms with Gasteiger partial charge in [0.1, 0.15) is 5.75 Å². The third kappa shape index (κ3) is 6.97. The van der Waals surface area contributed by atoms with Gasteiger partial charge in [-0.2, -0.15) is 0 Å². The average molecular weight is 831 g/mol. The summed E-state index contributed by atoms with van der Waals surface area (Å²) in [4.78, 5) is 4.71. The van der Waals surface area contributed by atoms with Gasteiger partial charge in [0, 0.05) is 39.1 Å². The normalized spacial score (nSPS) is 11.5. The molecule has 0 amide bonds. The van der Waals surface area contributed by atoms with Crippen LogP contribution in [0.5, 0.6) is 11.5 Å². The summed E-state index contributed by atoms with van der Waals surface area (Å²) in [6, 6.07) is 91.1. The standard InChI is InChI=1S/C62H42N2O/c1-4-14-43(15-5-1)47-26-33-51(34-27-47)63(52-35-28-48(29-36-52)44-16-6-2-7-17-44)59-25-13-23-56-55-22-12-24-57-58(40-41-60(61(55)57)65-62(56)59)64(54-39-32-46-20-10-11-21-50(46)42-54)53-37-30-49(31-38-53)45-18-8-3-9-19-45/h1-42H. The van der Waals surface area contributed by atoms with Crippen molar-refractivity contribution >= 4 is 55.7 Å². The molecule has 11 aromatic rings. The van der Waals surface area contributed by atoms with Crippen LogP contribution in [0.1, 0.15) is 0 Å². The van der Waals surface area contributed by atoms with Gasteiger partial charge in [-0.15, -0.1) is 0 Å². The van der Waals surface area contributed by atoms with Gasteiger partial charge in [-0.05, 0) is 116 Å². The number of rotatable bonds is 9. The second kappa shape index (κ2) is 16.2. The van der Waals surface area contributed by atoms with Crippen LogP contribution in [0.3, 0.4) is 0 Å². The first-order chi connectivity index (χ1) is 32.2. The van der Waals surface area contributed by atoms with Gasteiger partial charge in [0.2, 0.25) is 0 Å². The molecule has 0 saturated carbocycles. The summed E-state index contributed by atoms with van der Waals surface area (Å²) >= 11 is 0. The number of para-hydroxylation sites is 1. The van der Waals surface area contributed by atoms with Gasteiger partial charge >= 0.3 is 0 Å². The van der Waals surface area contributed by atoms with Crippen molar-refractivity contribution in [2.24, 2.45) is 0 Å². The van der Waals surface area contributed by atoms with Crippen molar-refractivity contribution in [2.75, 3.05) is 9.80 Å². The van der Waals surface area contributed by atoms with Crippen LogP contribution in [0.15, 0.2) is 255 Å². The third-order valence-electron chi connectivity index (χ3n) is 12.6. The fourth-order valence-electron chi connectivity index (χ4n) is 9.46. The van der Waals surface area contributed by atoms with Crippen LogP contribution in [0, 0.1) is 0 Å². The topological polar surface area (TPSA) is 15.7 Å². The van der Waals surface area contributed by atoms with Crippen LogP contribution in [-0.4, -0.2) is 0 Å². The van der Waals surface area contributed by atoms with Crippen LogP contribution >= 0.6 is 0 Å². The van der Waals surface area contributed by atoms with E-state index in [1.54, 1.807) is 0 Å². The van der Waals surface area contributed by atoms with E-state index in [0.29, 0.717) is 0 Å². The molecule has 3 nitrogen and oxygen atoms in total. The summed E-state index contributed by atoms with van der Waals surface area (Å²) in [5.41, 5.74) is 15.6. The summed E-state index contributed by atoms with van der Waals surface area (Å²) in [6.07, 6.45) is 0. The first kappa shape index (κ1) is 38.0. The number of nitrogens with zero attached hydrogens (tertiary/aromatic N) is 2. The molecule has 0 spiro atoms. The highest BCUT2D eigenvalue weighted by Gasteiger charge is 2.28. The molecule has 0 fully saturated rings. The van der Waals surface area contributed by atoms with E-state index in [0.717, 1.165) is 67.5 Å². The van der Waals surface area contributed by atoms with E-state index in [2.05, 4.69) is 265 Å². The molecule has 65 heavy (non-hydrogen) atoms. The first-order valence-electron chi connectivity index (χ1n) is 22.2. The van der Waals surface area contributed by atoms with Gasteiger partial charge in [0.05, 0.1) is 11.4 Å². The van der Waals surface area contributed by atoms with Crippen LogP contribution in [0.2, 0.25) is 0 Å². The minimum absolute atomic E-state index is 0.822. The fourth-order valence-corrected chi connectivity index (χ4v) is 9.46. The predicted octanol–water partition coefficient (Wildman–Crippen LogP) is 17.7. The third-order valence-corrected chi connectivity index (χ3v) is 12.6. The minimum Gasteiger partial charge on any atom is -0.454 e. The molecular formula is C62H42N2O. The molecule has 12 rings (SSSR count). The molecule has 0 aliphatic carbocycles. The Morgan fingerprint density at radius 1 is 0.277 bits per heavy atom. The number of hydrogen-bond acceptors (Lipinski definition) is 3. The Hall–Kier alpha value is -8.66. The molecule has 0 aromatic heterocycles. The maximum Gasteiger partial charge on any atom is 0.159 e. The molecule has 11 aromatic carbocycles. The predicted molar refractivity (Wildman–Crippen MR) is 273 cm³/mol. The monoisotopic (exact) mass is 830 g/mol. The van der Waals surface area contributed by atoms with Gasteiger partial charge in [-0.25, -0.2) is 0 Å². The average Bonchev–Trinajstić information content (AvgIpc) is 3.39. The number of fused-ring (bicyclic) bond motifs is 3. The molecule has 0 atom stereocenters. The SMILES string of the molecule is c1ccc(-c2ccc(N(c3ccc(-c4ccccc4)cc3)c3cccc4c3Oc3ccc(N(c5ccc(-c6ccccc6)cc5)c5ccc6ccccc6c5)c5cccc-4c35)cc2)cc1. The highest BCUT2D eigenvalue weighted by atomic mass is 16.5. The molecule has 0 saturated heterocycles. The lowest BCUT2D eigenvalue weighted by atomic mass is 9.92. The van der Waals surface area contributed by atoms with Gasteiger partial charge < -0.3 is 14.5 Å². The van der Waals surface area contributed by atoms with Gasteiger partial charge in [-0.3, -0.25) is 0 Å². The lowest BCUT2D eigenvalue weighted by Gasteiger charge is -2.32. The summed E-state index contributed by atoms with van der Waals surface area (Å²) in [5.74, 6) is 1.65. The van der Waals surface area contributed by atoms with E-state index < -0.39 is 0 Å². The van der Waals surface area contributed by atoms with E-state index in [-0.39, 0.29) is 0 Å². The quantitative estimate of drug-likeness (QED) is 0.144. The van der Waals surface area contributed by atoms with Crippen molar-refractivity contribution in [1.82, 2.24) is 0 Å². The summed E-state index contributed by atoms with van der Waals surface area (Å²) in [6.45, 7) is 0. The van der Waals surface area contributed by atoms with Crippen LogP contribution in [-0.2, 0) is 0 Å². The zero-order valence-corrected chi connectivity index (χ0v) is 35.6. The molecule has 3 heteroatoms. The summed E-state index contributed by atoms with van der Waals surface area (Å²) < 4.78 is 7.20. The maximum absolute atomic E-state index is 7.20. The van der Waals surface area contributed by atoms with Gasteiger partial charge in [-0.1, -0.05) is 188 Å². The Bertz CT molecular complexity index is 3390. The van der Waals surface area contributed by atoms with Gasteiger partial charge in [0.15, 0.2) is 5.75 Å². The second-order valence-electron chi connectivity index (χ2n) is 16.5. The molecular weight excluding hydrogens is 789 g/mol. The maximum atomic E-state index is 7.20. The summed E-state index contributed by atoms with van der Waals surface area (Å²) in [5, 5.41) is 4.60. The van der Waals surface area contributed by atoms with Crippen molar-refractivity contribution in [3.63, 3.8) is 0 Å². The summed E-state index contributed by atoms with van der Waals surface area (Å²) in [7, 11) is 0. The van der Waals surface area contributed by atoms with E-state index >= 15 is 0 Å². The van der Waals surface area contributed by atoms with Crippen molar-refractivity contribution in [1.29, 1.82) is 0 Å². The second-order valence-corrected chi connectivity index (χ2v) is 16.5. The molecule has 306 valence electrons. The molecule has 0 N–H and O–H groups in total. The molecule has 1 aliphatic rings. The number of anilines is 6. The zero-order valence-electron chi connectivity index (χ0n) is 35.6. The minimum atomic E-state index is 0.822. The number of benzene rings is 11. The largest absolute Gasteiger partial charge is 0.454 e. The lowest BCUT2D eigenvalue weighted by molar-refractivity contribution is 0.488. The first-order valence-corrected chi connectivity index (χ1v) is 22.2. The lowest BCUT2D eigenvalue weighted by Crippen LogP contribution is -2.13. The molecule has 1 heterocycles. The molecule has 1 aliphatic heterocycles. The molecule has 0 bridgehead atoms. The highest BCUT2D eigenvalue weighted by molar-refractivity contribution is 6.12. The Morgan fingerprint density at radius 3 is 1.28 bits per heavy atom. The fraction of sp³-hybridized carbons (Fsp3) is 0.